The molecule has 0 unspecified atom stereocenters. The summed E-state index contributed by atoms with van der Waals surface area (Å²) in [6, 6.07) is 11.9. The number of aromatic nitrogens is 4. The van der Waals surface area contributed by atoms with E-state index >= 15 is 0 Å². The molecular formula is C24H23FN6O2. The highest BCUT2D eigenvalue weighted by atomic mass is 19.1. The number of fused-ring (bicyclic) bond motifs is 1. The molecule has 9 heteroatoms. The number of aliphatic hydroxyl groups excluding tert-OH is 1. The number of aliphatic hydroxyl groups is 1. The third-order valence-corrected chi connectivity index (χ3v) is 5.84. The molecule has 1 aromatic carbocycles. The molecule has 0 saturated carbocycles. The second-order valence-electron chi connectivity index (χ2n) is 8.14. The molecule has 4 heterocycles. The molecule has 2 N–H and O–H groups in total. The van der Waals surface area contributed by atoms with Crippen LogP contribution >= 0.6 is 0 Å². The van der Waals surface area contributed by atoms with Crippen molar-refractivity contribution in [2.75, 3.05) is 18.4 Å². The molecule has 168 valence electrons. The maximum absolute atomic E-state index is 13.9. The Morgan fingerprint density at radius 1 is 1.12 bits per heavy atom. The summed E-state index contributed by atoms with van der Waals surface area (Å²) in [7, 11) is 0. The number of aryl methyl sites for hydroxylation is 1. The monoisotopic (exact) mass is 446 g/mol. The molecule has 2 amide bonds. The smallest absolute Gasteiger partial charge is 0.323 e. The molecular weight excluding hydrogens is 423 g/mol. The number of hydrogen-bond acceptors (Lipinski definition) is 5. The number of pyridine rings is 1. The van der Waals surface area contributed by atoms with Crippen molar-refractivity contribution in [1.82, 2.24) is 24.5 Å². The average molecular weight is 446 g/mol. The number of piperidine rings is 1. The number of likely N-dealkylation sites (tertiary alicyclic amines) is 1. The van der Waals surface area contributed by atoms with Crippen molar-refractivity contribution in [1.29, 1.82) is 0 Å². The van der Waals surface area contributed by atoms with E-state index in [-0.39, 0.29) is 18.0 Å². The minimum absolute atomic E-state index is 0.253. The van der Waals surface area contributed by atoms with E-state index in [2.05, 4.69) is 15.4 Å². The highest BCUT2D eigenvalue weighted by Crippen LogP contribution is 2.33. The van der Waals surface area contributed by atoms with Gasteiger partial charge in [-0.25, -0.2) is 23.7 Å². The Kier molecular flexibility index (Phi) is 5.47. The van der Waals surface area contributed by atoms with Crippen molar-refractivity contribution in [3.8, 4) is 22.5 Å². The van der Waals surface area contributed by atoms with Gasteiger partial charge >= 0.3 is 6.03 Å². The van der Waals surface area contributed by atoms with Crippen molar-refractivity contribution in [3.05, 3.63) is 66.2 Å². The lowest BCUT2D eigenvalue weighted by Gasteiger charge is -2.29. The van der Waals surface area contributed by atoms with Crippen molar-refractivity contribution in [3.63, 3.8) is 0 Å². The standard InChI is InChI=1S/C24H23FN6O2/c1-15-13-16(4-5-19(15)25)22-23(31-21(29-22)3-2-9-27-31)17-6-10-26-20(14-17)28-24(33)30-11-7-18(32)8-12-30/h2-6,9-10,13-14,18,32H,7-8,11-12H2,1H3,(H,26,28,33). The Balaban J connectivity index is 1.53. The van der Waals surface area contributed by atoms with E-state index in [1.54, 1.807) is 53.0 Å². The maximum atomic E-state index is 13.9. The first kappa shape index (κ1) is 21.0. The van der Waals surface area contributed by atoms with Crippen LogP contribution in [0, 0.1) is 12.7 Å². The van der Waals surface area contributed by atoms with Crippen LogP contribution in [-0.2, 0) is 0 Å². The molecule has 0 radical (unpaired) electrons. The molecule has 33 heavy (non-hydrogen) atoms. The van der Waals surface area contributed by atoms with Crippen LogP contribution in [0.5, 0.6) is 0 Å². The highest BCUT2D eigenvalue weighted by molar-refractivity contribution is 5.90. The second-order valence-corrected chi connectivity index (χ2v) is 8.14. The van der Waals surface area contributed by atoms with Gasteiger partial charge in [0.2, 0.25) is 0 Å². The van der Waals surface area contributed by atoms with E-state index in [0.29, 0.717) is 48.7 Å². The summed E-state index contributed by atoms with van der Waals surface area (Å²) in [5.41, 5.74) is 4.08. The van der Waals surface area contributed by atoms with Crippen LogP contribution in [0.1, 0.15) is 18.4 Å². The number of nitrogens with one attached hydrogen (secondary N) is 1. The topological polar surface area (TPSA) is 95.7 Å². The first-order valence-electron chi connectivity index (χ1n) is 10.8. The van der Waals surface area contributed by atoms with Gasteiger partial charge in [0.25, 0.3) is 0 Å². The van der Waals surface area contributed by atoms with E-state index in [1.807, 2.05) is 12.1 Å². The van der Waals surface area contributed by atoms with Gasteiger partial charge in [-0.1, -0.05) is 0 Å². The number of benzene rings is 1. The van der Waals surface area contributed by atoms with E-state index < -0.39 is 0 Å². The normalized spacial score (nSPS) is 14.6. The number of nitrogens with zero attached hydrogens (tertiary/aromatic N) is 5. The summed E-state index contributed by atoms with van der Waals surface area (Å²) >= 11 is 0. The maximum Gasteiger partial charge on any atom is 0.323 e. The fourth-order valence-electron chi connectivity index (χ4n) is 4.04. The number of carbonyl (C=O) groups excluding carboxylic acids is 1. The fourth-order valence-corrected chi connectivity index (χ4v) is 4.04. The number of hydrogen-bond donors (Lipinski definition) is 2. The van der Waals surface area contributed by atoms with Crippen LogP contribution in [0.25, 0.3) is 28.2 Å². The lowest BCUT2D eigenvalue weighted by atomic mass is 10.0. The zero-order valence-corrected chi connectivity index (χ0v) is 18.1. The molecule has 3 aromatic heterocycles. The number of urea groups is 1. The number of halogens is 1. The molecule has 1 aliphatic heterocycles. The van der Waals surface area contributed by atoms with Crippen LogP contribution in [0.15, 0.2) is 54.9 Å². The van der Waals surface area contributed by atoms with Crippen LogP contribution < -0.4 is 5.32 Å². The molecule has 8 nitrogen and oxygen atoms in total. The van der Waals surface area contributed by atoms with Gasteiger partial charge in [-0.3, -0.25) is 5.32 Å². The average Bonchev–Trinajstić information content (AvgIpc) is 3.21. The van der Waals surface area contributed by atoms with Crippen LogP contribution in [0.3, 0.4) is 0 Å². The van der Waals surface area contributed by atoms with Gasteiger partial charge in [0, 0.05) is 36.6 Å². The van der Waals surface area contributed by atoms with Gasteiger partial charge in [0.1, 0.15) is 17.3 Å². The molecule has 0 atom stereocenters. The molecule has 1 aliphatic rings. The number of rotatable bonds is 3. The minimum atomic E-state index is -0.355. The summed E-state index contributed by atoms with van der Waals surface area (Å²) in [6.07, 6.45) is 4.06. The lowest BCUT2D eigenvalue weighted by molar-refractivity contribution is 0.0972. The zero-order valence-electron chi connectivity index (χ0n) is 18.1. The summed E-state index contributed by atoms with van der Waals surface area (Å²) < 4.78 is 15.6. The van der Waals surface area contributed by atoms with Crippen molar-refractivity contribution < 1.29 is 14.3 Å². The molecule has 0 bridgehead atoms. The van der Waals surface area contributed by atoms with Crippen LogP contribution in [-0.4, -0.2) is 54.8 Å². The largest absolute Gasteiger partial charge is 0.393 e. The second kappa shape index (κ2) is 8.59. The van der Waals surface area contributed by atoms with E-state index in [9.17, 15) is 14.3 Å². The van der Waals surface area contributed by atoms with Crippen molar-refractivity contribution in [2.45, 2.75) is 25.9 Å². The van der Waals surface area contributed by atoms with Crippen LogP contribution in [0.4, 0.5) is 15.0 Å². The molecule has 1 saturated heterocycles. The van der Waals surface area contributed by atoms with Gasteiger partial charge < -0.3 is 10.0 Å². The van der Waals surface area contributed by atoms with Gasteiger partial charge in [-0.15, -0.1) is 0 Å². The predicted molar refractivity (Wildman–Crippen MR) is 122 cm³/mol. The molecule has 0 spiro atoms. The first-order chi connectivity index (χ1) is 16.0. The Morgan fingerprint density at radius 3 is 2.73 bits per heavy atom. The first-order valence-corrected chi connectivity index (χ1v) is 10.8. The minimum Gasteiger partial charge on any atom is -0.393 e. The van der Waals surface area contributed by atoms with Crippen molar-refractivity contribution >= 4 is 17.5 Å². The Bertz CT molecular complexity index is 1330. The highest BCUT2D eigenvalue weighted by Gasteiger charge is 2.22. The summed E-state index contributed by atoms with van der Waals surface area (Å²) in [5, 5.41) is 17.0. The predicted octanol–water partition coefficient (Wildman–Crippen LogP) is 3.89. The Labute approximate surface area is 189 Å². The molecule has 1 fully saturated rings. The summed E-state index contributed by atoms with van der Waals surface area (Å²) in [6.45, 7) is 2.71. The lowest BCUT2D eigenvalue weighted by Crippen LogP contribution is -2.42. The summed E-state index contributed by atoms with van der Waals surface area (Å²) in [4.78, 5) is 23.4. The van der Waals surface area contributed by atoms with Gasteiger partial charge in [-0.05, 0) is 67.8 Å². The van der Waals surface area contributed by atoms with Gasteiger partial charge in [0.15, 0.2) is 5.65 Å². The SMILES string of the molecule is Cc1cc(-c2nc3cccnn3c2-c2ccnc(NC(=O)N3CCC(O)CC3)c2)ccc1F. The third kappa shape index (κ3) is 4.14. The fraction of sp³-hybridized carbons (Fsp3) is 0.250. The number of carbonyl (C=O) groups is 1. The van der Waals surface area contributed by atoms with E-state index in [4.69, 9.17) is 4.98 Å². The quantitative estimate of drug-likeness (QED) is 0.498. The molecule has 4 aromatic rings. The van der Waals surface area contributed by atoms with E-state index in [0.717, 1.165) is 16.8 Å². The van der Waals surface area contributed by atoms with Crippen LogP contribution in [0.2, 0.25) is 0 Å². The Hall–Kier alpha value is -3.85. The number of anilines is 1. The van der Waals surface area contributed by atoms with E-state index in [1.165, 1.54) is 6.07 Å². The third-order valence-electron chi connectivity index (χ3n) is 5.84. The molecule has 5 rings (SSSR count). The number of amides is 2. The Morgan fingerprint density at radius 2 is 1.94 bits per heavy atom. The molecule has 0 aliphatic carbocycles. The summed E-state index contributed by atoms with van der Waals surface area (Å²) in [5.74, 6) is 0.122. The van der Waals surface area contributed by atoms with Gasteiger partial charge in [0.05, 0.1) is 11.8 Å². The zero-order chi connectivity index (χ0) is 22.9. The number of imidazole rings is 1. The van der Waals surface area contributed by atoms with Gasteiger partial charge in [-0.2, -0.15) is 5.10 Å². The van der Waals surface area contributed by atoms with Crippen molar-refractivity contribution in [2.24, 2.45) is 0 Å².